The predicted octanol–water partition coefficient (Wildman–Crippen LogP) is 0.390. The SMILES string of the molecule is CCOCCN1CCN(C)C1=O. The summed E-state index contributed by atoms with van der Waals surface area (Å²) in [6, 6.07) is 0.120. The van der Waals surface area contributed by atoms with Gasteiger partial charge in [-0.1, -0.05) is 0 Å². The van der Waals surface area contributed by atoms with E-state index in [-0.39, 0.29) is 6.03 Å². The molecule has 0 aromatic carbocycles. The van der Waals surface area contributed by atoms with Gasteiger partial charge in [-0.25, -0.2) is 4.79 Å². The summed E-state index contributed by atoms with van der Waals surface area (Å²) in [6.45, 7) is 5.72. The lowest BCUT2D eigenvalue weighted by Crippen LogP contribution is -2.32. The molecule has 4 heteroatoms. The molecule has 1 aliphatic heterocycles. The monoisotopic (exact) mass is 172 g/mol. The van der Waals surface area contributed by atoms with E-state index in [4.69, 9.17) is 4.74 Å². The molecule has 1 heterocycles. The lowest BCUT2D eigenvalue weighted by molar-refractivity contribution is 0.124. The number of urea groups is 1. The highest BCUT2D eigenvalue weighted by Gasteiger charge is 2.24. The first-order valence-electron chi connectivity index (χ1n) is 4.33. The summed E-state index contributed by atoms with van der Waals surface area (Å²) in [5.41, 5.74) is 0. The second kappa shape index (κ2) is 4.30. The molecule has 0 radical (unpaired) electrons. The summed E-state index contributed by atoms with van der Waals surface area (Å²) in [4.78, 5) is 14.8. The van der Waals surface area contributed by atoms with Gasteiger partial charge in [0.05, 0.1) is 6.61 Å². The van der Waals surface area contributed by atoms with E-state index in [0.29, 0.717) is 6.61 Å². The topological polar surface area (TPSA) is 32.8 Å². The molecule has 4 nitrogen and oxygen atoms in total. The number of likely N-dealkylation sites (N-methyl/N-ethyl adjacent to an activating group) is 1. The van der Waals surface area contributed by atoms with E-state index in [0.717, 1.165) is 26.2 Å². The minimum atomic E-state index is 0.120. The van der Waals surface area contributed by atoms with Crippen molar-refractivity contribution in [2.75, 3.05) is 39.9 Å². The Kier molecular flexibility index (Phi) is 3.34. The van der Waals surface area contributed by atoms with Crippen LogP contribution in [0, 0.1) is 0 Å². The van der Waals surface area contributed by atoms with E-state index in [1.165, 1.54) is 0 Å². The fourth-order valence-corrected chi connectivity index (χ4v) is 1.23. The van der Waals surface area contributed by atoms with Crippen molar-refractivity contribution in [3.8, 4) is 0 Å². The largest absolute Gasteiger partial charge is 0.380 e. The van der Waals surface area contributed by atoms with Crippen molar-refractivity contribution in [2.45, 2.75) is 6.92 Å². The van der Waals surface area contributed by atoms with E-state index in [1.807, 2.05) is 18.9 Å². The van der Waals surface area contributed by atoms with E-state index in [9.17, 15) is 4.79 Å². The Hall–Kier alpha value is -0.770. The molecule has 0 N–H and O–H groups in total. The maximum absolute atomic E-state index is 11.3. The van der Waals surface area contributed by atoms with Crippen molar-refractivity contribution in [2.24, 2.45) is 0 Å². The zero-order valence-corrected chi connectivity index (χ0v) is 7.75. The zero-order valence-electron chi connectivity index (χ0n) is 7.75. The lowest BCUT2D eigenvalue weighted by Gasteiger charge is -2.15. The van der Waals surface area contributed by atoms with Crippen LogP contribution < -0.4 is 0 Å². The Morgan fingerprint density at radius 2 is 2.25 bits per heavy atom. The smallest absolute Gasteiger partial charge is 0.319 e. The van der Waals surface area contributed by atoms with E-state index in [1.54, 1.807) is 4.90 Å². The molecule has 0 atom stereocenters. The van der Waals surface area contributed by atoms with E-state index in [2.05, 4.69) is 0 Å². The van der Waals surface area contributed by atoms with Crippen LogP contribution in [0.15, 0.2) is 0 Å². The highest BCUT2D eigenvalue weighted by molar-refractivity contribution is 5.76. The molecule has 0 bridgehead atoms. The average molecular weight is 172 g/mol. The highest BCUT2D eigenvalue weighted by atomic mass is 16.5. The average Bonchev–Trinajstić information content (AvgIpc) is 2.36. The molecule has 2 amide bonds. The van der Waals surface area contributed by atoms with Crippen molar-refractivity contribution >= 4 is 6.03 Å². The van der Waals surface area contributed by atoms with Gasteiger partial charge in [0.15, 0.2) is 0 Å². The third-order valence-electron chi connectivity index (χ3n) is 2.01. The summed E-state index contributed by atoms with van der Waals surface area (Å²) in [5.74, 6) is 0. The number of hydrogen-bond donors (Lipinski definition) is 0. The van der Waals surface area contributed by atoms with Crippen LogP contribution in [0.4, 0.5) is 4.79 Å². The summed E-state index contributed by atoms with van der Waals surface area (Å²) in [7, 11) is 1.82. The number of hydrogen-bond acceptors (Lipinski definition) is 2. The van der Waals surface area contributed by atoms with Crippen molar-refractivity contribution in [3.63, 3.8) is 0 Å². The maximum atomic E-state index is 11.3. The number of carbonyl (C=O) groups is 1. The molecule has 0 aliphatic carbocycles. The second-order valence-corrected chi connectivity index (χ2v) is 2.89. The summed E-state index contributed by atoms with van der Waals surface area (Å²) < 4.78 is 5.17. The number of carbonyl (C=O) groups excluding carboxylic acids is 1. The molecular formula is C8H16N2O2. The minimum Gasteiger partial charge on any atom is -0.380 e. The first-order chi connectivity index (χ1) is 5.75. The van der Waals surface area contributed by atoms with Gasteiger partial charge in [0.1, 0.15) is 0 Å². The molecule has 1 rings (SSSR count). The molecule has 0 aromatic heterocycles. The molecule has 1 aliphatic rings. The summed E-state index contributed by atoms with van der Waals surface area (Å²) in [5, 5.41) is 0. The fourth-order valence-electron chi connectivity index (χ4n) is 1.23. The van der Waals surface area contributed by atoms with Gasteiger partial charge in [-0.05, 0) is 6.92 Å². The Balaban J connectivity index is 2.20. The molecule has 70 valence electrons. The van der Waals surface area contributed by atoms with Gasteiger partial charge in [-0.15, -0.1) is 0 Å². The Bertz CT molecular complexity index is 161. The molecule has 0 unspecified atom stereocenters. The van der Waals surface area contributed by atoms with Crippen LogP contribution >= 0.6 is 0 Å². The van der Waals surface area contributed by atoms with Crippen molar-refractivity contribution < 1.29 is 9.53 Å². The standard InChI is InChI=1S/C8H16N2O2/c1-3-12-7-6-10-5-4-9(2)8(10)11/h3-7H2,1-2H3. The van der Waals surface area contributed by atoms with E-state index >= 15 is 0 Å². The lowest BCUT2D eigenvalue weighted by atomic mass is 10.5. The van der Waals surface area contributed by atoms with Gasteiger partial charge in [0.2, 0.25) is 0 Å². The molecule has 0 spiro atoms. The van der Waals surface area contributed by atoms with Crippen LogP contribution in [0.3, 0.4) is 0 Å². The normalized spacial score (nSPS) is 17.7. The summed E-state index contributed by atoms with van der Waals surface area (Å²) in [6.07, 6.45) is 0. The van der Waals surface area contributed by atoms with Crippen LogP contribution in [-0.4, -0.2) is 55.7 Å². The molecule has 1 fully saturated rings. The minimum absolute atomic E-state index is 0.120. The van der Waals surface area contributed by atoms with Crippen LogP contribution in [-0.2, 0) is 4.74 Å². The van der Waals surface area contributed by atoms with Gasteiger partial charge in [0.25, 0.3) is 0 Å². The van der Waals surface area contributed by atoms with Gasteiger partial charge in [-0.3, -0.25) is 0 Å². The number of nitrogens with zero attached hydrogens (tertiary/aromatic N) is 2. The first-order valence-corrected chi connectivity index (χ1v) is 4.33. The van der Waals surface area contributed by atoms with Crippen LogP contribution in [0.1, 0.15) is 6.92 Å². The molecule has 0 aromatic rings. The van der Waals surface area contributed by atoms with Crippen molar-refractivity contribution in [1.29, 1.82) is 0 Å². The number of amides is 2. The highest BCUT2D eigenvalue weighted by Crippen LogP contribution is 2.04. The van der Waals surface area contributed by atoms with Crippen molar-refractivity contribution in [1.82, 2.24) is 9.80 Å². The van der Waals surface area contributed by atoms with E-state index < -0.39 is 0 Å². The molecule has 12 heavy (non-hydrogen) atoms. The molecule has 0 saturated carbocycles. The quantitative estimate of drug-likeness (QED) is 0.575. The van der Waals surface area contributed by atoms with Crippen LogP contribution in [0.5, 0.6) is 0 Å². The molecular weight excluding hydrogens is 156 g/mol. The maximum Gasteiger partial charge on any atom is 0.319 e. The number of ether oxygens (including phenoxy) is 1. The first kappa shape index (κ1) is 9.32. The van der Waals surface area contributed by atoms with Gasteiger partial charge < -0.3 is 14.5 Å². The van der Waals surface area contributed by atoms with Gasteiger partial charge in [0, 0.05) is 33.3 Å². The Labute approximate surface area is 73.1 Å². The third-order valence-corrected chi connectivity index (χ3v) is 2.01. The second-order valence-electron chi connectivity index (χ2n) is 2.89. The zero-order chi connectivity index (χ0) is 8.97. The number of rotatable bonds is 4. The van der Waals surface area contributed by atoms with Crippen molar-refractivity contribution in [3.05, 3.63) is 0 Å². The fraction of sp³-hybridized carbons (Fsp3) is 0.875. The third kappa shape index (κ3) is 2.11. The van der Waals surface area contributed by atoms with Gasteiger partial charge in [-0.2, -0.15) is 0 Å². The summed E-state index contributed by atoms with van der Waals surface area (Å²) >= 11 is 0. The molecule has 1 saturated heterocycles. The Morgan fingerprint density at radius 1 is 1.50 bits per heavy atom. The van der Waals surface area contributed by atoms with Gasteiger partial charge >= 0.3 is 6.03 Å². The van der Waals surface area contributed by atoms with Crippen LogP contribution in [0.2, 0.25) is 0 Å². The van der Waals surface area contributed by atoms with Crippen LogP contribution in [0.25, 0.3) is 0 Å². The predicted molar refractivity (Wildman–Crippen MR) is 46.1 cm³/mol. The Morgan fingerprint density at radius 3 is 2.75 bits per heavy atom.